The predicted molar refractivity (Wildman–Crippen MR) is 116 cm³/mol. The van der Waals surface area contributed by atoms with Crippen LogP contribution in [0.2, 0.25) is 0 Å². The molecule has 2 aromatic rings. The van der Waals surface area contributed by atoms with Crippen LogP contribution >= 0.6 is 0 Å². The van der Waals surface area contributed by atoms with E-state index in [0.29, 0.717) is 0 Å². The van der Waals surface area contributed by atoms with Gasteiger partial charge in [0.2, 0.25) is 11.5 Å². The van der Waals surface area contributed by atoms with E-state index in [-0.39, 0.29) is 54.0 Å². The van der Waals surface area contributed by atoms with Crippen molar-refractivity contribution in [1.29, 1.82) is 0 Å². The number of nitrogens with zero attached hydrogens (tertiary/aromatic N) is 2. The van der Waals surface area contributed by atoms with Crippen molar-refractivity contribution in [2.45, 2.75) is 13.5 Å². The Labute approximate surface area is 193 Å². The highest BCUT2D eigenvalue weighted by atomic mass is 16.6. The van der Waals surface area contributed by atoms with Crippen LogP contribution in [-0.2, 0) is 16.1 Å². The maximum atomic E-state index is 12.8. The number of amides is 3. The van der Waals surface area contributed by atoms with Crippen LogP contribution in [0.25, 0.3) is 6.08 Å². The summed E-state index contributed by atoms with van der Waals surface area (Å²) in [6.07, 6.45) is 6.44. The number of carbonyl (C=O) groups excluding carboxylic acids is 3. The Morgan fingerprint density at radius 1 is 1.32 bits per heavy atom. The van der Waals surface area contributed by atoms with Crippen LogP contribution in [0.4, 0.5) is 10.5 Å². The first kappa shape index (κ1) is 23.9. The number of methoxy groups -OCH3 is 1. The van der Waals surface area contributed by atoms with Gasteiger partial charge in [0.15, 0.2) is 5.75 Å². The summed E-state index contributed by atoms with van der Waals surface area (Å²) in [5, 5.41) is 14.0. The number of furan rings is 1. The minimum atomic E-state index is -0.735. The fraction of sp³-hybridized carbons (Fsp3) is 0.227. The second-order valence-electron chi connectivity index (χ2n) is 6.69. The summed E-state index contributed by atoms with van der Waals surface area (Å²) in [6, 6.07) is 4.64. The number of urea groups is 1. The minimum absolute atomic E-state index is 0.0540. The molecule has 1 fully saturated rings. The molecule has 2 heterocycles. The normalized spacial score (nSPS) is 14.0. The Morgan fingerprint density at radius 2 is 2.09 bits per heavy atom. The predicted octanol–water partition coefficient (Wildman–Crippen LogP) is 2.48. The number of imide groups is 1. The Balaban J connectivity index is 1.90. The summed E-state index contributed by atoms with van der Waals surface area (Å²) in [7, 11) is 1.19. The zero-order valence-corrected chi connectivity index (χ0v) is 18.2. The summed E-state index contributed by atoms with van der Waals surface area (Å²) in [5.41, 5.74) is -0.342. The number of terminal acetylenes is 1. The van der Waals surface area contributed by atoms with E-state index in [9.17, 15) is 24.5 Å². The maximum Gasteiger partial charge on any atom is 0.373 e. The molecule has 1 aromatic heterocycles. The van der Waals surface area contributed by atoms with E-state index in [1.165, 1.54) is 37.5 Å². The lowest BCUT2D eigenvalue weighted by molar-refractivity contribution is -0.385. The van der Waals surface area contributed by atoms with Crippen molar-refractivity contribution in [3.8, 4) is 23.8 Å². The molecule has 0 atom stereocenters. The Hall–Kier alpha value is -4.79. The molecule has 0 unspecified atom stereocenters. The molecule has 0 bridgehead atoms. The van der Waals surface area contributed by atoms with Gasteiger partial charge >= 0.3 is 17.7 Å². The van der Waals surface area contributed by atoms with Crippen molar-refractivity contribution in [1.82, 2.24) is 10.2 Å². The van der Waals surface area contributed by atoms with E-state index in [0.717, 1.165) is 4.90 Å². The van der Waals surface area contributed by atoms with Crippen molar-refractivity contribution in [2.75, 3.05) is 20.3 Å². The molecule has 0 saturated carbocycles. The highest BCUT2D eigenvalue weighted by Crippen LogP contribution is 2.39. The molecule has 1 aromatic carbocycles. The van der Waals surface area contributed by atoms with Gasteiger partial charge in [-0.3, -0.25) is 19.8 Å². The molecule has 1 aliphatic heterocycles. The first-order valence-electron chi connectivity index (χ1n) is 9.82. The number of nitro benzene ring substituents is 1. The van der Waals surface area contributed by atoms with Crippen molar-refractivity contribution in [3.63, 3.8) is 0 Å². The standard InChI is InChI=1S/C22H19N3O9/c1-4-8-33-19-16(25(29)30)10-13(11-18(19)32-5-2)9-15-20(26)24(22(28)23-15)12-14-6-7-17(34-14)21(27)31-3/h1,6-7,9-11H,5,8,12H2,2-3H3,(H,23,28)/b15-9-. The number of ether oxygens (including phenoxy) is 3. The van der Waals surface area contributed by atoms with Crippen molar-refractivity contribution in [3.05, 3.63) is 57.2 Å². The molecule has 1 saturated heterocycles. The summed E-state index contributed by atoms with van der Waals surface area (Å²) >= 11 is 0. The van der Waals surface area contributed by atoms with Gasteiger partial charge in [-0.15, -0.1) is 6.42 Å². The quantitative estimate of drug-likeness (QED) is 0.146. The zero-order chi connectivity index (χ0) is 24.8. The van der Waals surface area contributed by atoms with Gasteiger partial charge < -0.3 is 23.9 Å². The van der Waals surface area contributed by atoms with Crippen molar-refractivity contribution in [2.24, 2.45) is 0 Å². The number of benzene rings is 1. The Bertz CT molecular complexity index is 1220. The fourth-order valence-electron chi connectivity index (χ4n) is 3.06. The molecular weight excluding hydrogens is 450 g/mol. The third-order valence-electron chi connectivity index (χ3n) is 4.49. The van der Waals surface area contributed by atoms with E-state index in [1.807, 2.05) is 0 Å². The van der Waals surface area contributed by atoms with Gasteiger partial charge in [0.05, 0.1) is 25.2 Å². The summed E-state index contributed by atoms with van der Waals surface area (Å²) in [5.74, 6) is 0.830. The number of rotatable bonds is 9. The number of hydrogen-bond acceptors (Lipinski definition) is 9. The SMILES string of the molecule is C#CCOc1c(OCC)cc(/C=C2\NC(=O)N(Cc3ccc(C(=O)OC)o3)C2=O)cc1[N+](=O)[O-]. The van der Waals surface area contributed by atoms with Crippen LogP contribution in [0, 0.1) is 22.5 Å². The number of esters is 1. The Kier molecular flexibility index (Phi) is 7.17. The molecule has 1 aliphatic rings. The second kappa shape index (κ2) is 10.2. The first-order valence-corrected chi connectivity index (χ1v) is 9.82. The number of nitrogens with one attached hydrogen (secondary N) is 1. The molecule has 3 rings (SSSR count). The lowest BCUT2D eigenvalue weighted by Crippen LogP contribution is -2.30. The molecule has 1 N–H and O–H groups in total. The molecule has 0 aliphatic carbocycles. The summed E-state index contributed by atoms with van der Waals surface area (Å²) < 4.78 is 20.6. The summed E-state index contributed by atoms with van der Waals surface area (Å²) in [4.78, 5) is 48.4. The van der Waals surface area contributed by atoms with Gasteiger partial charge in [-0.25, -0.2) is 9.59 Å². The van der Waals surface area contributed by atoms with Crippen LogP contribution < -0.4 is 14.8 Å². The van der Waals surface area contributed by atoms with Crippen LogP contribution in [0.15, 0.2) is 34.4 Å². The van der Waals surface area contributed by atoms with Crippen LogP contribution in [-0.4, -0.2) is 48.1 Å². The fourth-order valence-corrected chi connectivity index (χ4v) is 3.06. The molecule has 3 amide bonds. The monoisotopic (exact) mass is 469 g/mol. The maximum absolute atomic E-state index is 12.8. The van der Waals surface area contributed by atoms with E-state index in [4.69, 9.17) is 20.3 Å². The Morgan fingerprint density at radius 3 is 2.74 bits per heavy atom. The minimum Gasteiger partial charge on any atom is -0.490 e. The van der Waals surface area contributed by atoms with Crippen LogP contribution in [0.1, 0.15) is 28.8 Å². The van der Waals surface area contributed by atoms with E-state index in [1.54, 1.807) is 6.92 Å². The second-order valence-corrected chi connectivity index (χ2v) is 6.69. The van der Waals surface area contributed by atoms with Gasteiger partial charge in [0, 0.05) is 6.07 Å². The van der Waals surface area contributed by atoms with Gasteiger partial charge in [-0.2, -0.15) is 0 Å². The van der Waals surface area contributed by atoms with Crippen molar-refractivity contribution < 1.29 is 37.9 Å². The topological polar surface area (TPSA) is 150 Å². The molecule has 34 heavy (non-hydrogen) atoms. The third kappa shape index (κ3) is 4.99. The lowest BCUT2D eigenvalue weighted by Gasteiger charge is -2.12. The smallest absolute Gasteiger partial charge is 0.373 e. The van der Waals surface area contributed by atoms with Gasteiger partial charge in [-0.1, -0.05) is 5.92 Å². The molecule has 176 valence electrons. The molecule has 0 radical (unpaired) electrons. The first-order chi connectivity index (χ1) is 16.3. The van der Waals surface area contributed by atoms with Crippen LogP contribution in [0.5, 0.6) is 11.5 Å². The average molecular weight is 469 g/mol. The highest BCUT2D eigenvalue weighted by molar-refractivity contribution is 6.13. The van der Waals surface area contributed by atoms with Crippen LogP contribution in [0.3, 0.4) is 0 Å². The number of nitro groups is 1. The van der Waals surface area contributed by atoms with E-state index in [2.05, 4.69) is 16.0 Å². The summed E-state index contributed by atoms with van der Waals surface area (Å²) in [6.45, 7) is 1.40. The average Bonchev–Trinajstić information content (AvgIpc) is 3.38. The zero-order valence-electron chi connectivity index (χ0n) is 18.2. The van der Waals surface area contributed by atoms with Crippen molar-refractivity contribution >= 4 is 29.7 Å². The largest absolute Gasteiger partial charge is 0.490 e. The molecular formula is C22H19N3O9. The number of hydrogen-bond donors (Lipinski definition) is 1. The lowest BCUT2D eigenvalue weighted by atomic mass is 10.1. The van der Waals surface area contributed by atoms with Gasteiger partial charge in [-0.05, 0) is 36.8 Å². The molecule has 0 spiro atoms. The van der Waals surface area contributed by atoms with E-state index >= 15 is 0 Å². The van der Waals surface area contributed by atoms with Gasteiger partial charge in [0.25, 0.3) is 5.91 Å². The molecule has 12 nitrogen and oxygen atoms in total. The van der Waals surface area contributed by atoms with E-state index < -0.39 is 28.5 Å². The number of carbonyl (C=O) groups is 3. The van der Waals surface area contributed by atoms with Gasteiger partial charge in [0.1, 0.15) is 18.1 Å². The highest BCUT2D eigenvalue weighted by Gasteiger charge is 2.35. The third-order valence-corrected chi connectivity index (χ3v) is 4.49. The molecule has 12 heteroatoms.